The molecule has 10 aromatic rings. The van der Waals surface area contributed by atoms with Crippen LogP contribution in [0.15, 0.2) is 162 Å². The Bertz CT molecular complexity index is 2740. The van der Waals surface area contributed by atoms with Crippen LogP contribution in [0, 0.1) is 0 Å². The van der Waals surface area contributed by atoms with Crippen LogP contribution in [0.1, 0.15) is 0 Å². The summed E-state index contributed by atoms with van der Waals surface area (Å²) in [4.78, 5) is 0. The molecule has 0 unspecified atom stereocenters. The van der Waals surface area contributed by atoms with Crippen molar-refractivity contribution in [3.63, 3.8) is 0 Å². The number of rotatable bonds is 3. The summed E-state index contributed by atoms with van der Waals surface area (Å²) in [6.07, 6.45) is 0. The summed E-state index contributed by atoms with van der Waals surface area (Å²) in [6, 6.07) is 56.5. The molecule has 3 aromatic heterocycles. The molecule has 0 aliphatic rings. The van der Waals surface area contributed by atoms with Gasteiger partial charge in [-0.3, -0.25) is 0 Å². The molecule has 0 N–H and O–H groups in total. The lowest BCUT2D eigenvalue weighted by molar-refractivity contribution is 0.669. The molecule has 0 saturated heterocycles. The Hall–Kier alpha value is -6.06. The van der Waals surface area contributed by atoms with Crippen LogP contribution in [-0.4, -0.2) is 9.13 Å². The van der Waals surface area contributed by atoms with Gasteiger partial charge in [0.05, 0.1) is 22.1 Å². The monoisotopic (exact) mass is 574 g/mol. The molecule has 3 nitrogen and oxygen atoms in total. The average molecular weight is 575 g/mol. The molecule has 7 aromatic carbocycles. The van der Waals surface area contributed by atoms with Gasteiger partial charge in [-0.15, -0.1) is 0 Å². The second-order valence-electron chi connectivity index (χ2n) is 11.8. The summed E-state index contributed by atoms with van der Waals surface area (Å²) in [7, 11) is 0. The minimum absolute atomic E-state index is 0.913. The predicted octanol–water partition coefficient (Wildman–Crippen LogP) is 11.4. The Balaban J connectivity index is 1.27. The molecule has 210 valence electrons. The Morgan fingerprint density at radius 3 is 1.60 bits per heavy atom. The topological polar surface area (TPSA) is 23.0 Å². The van der Waals surface area contributed by atoms with E-state index in [4.69, 9.17) is 4.42 Å². The van der Waals surface area contributed by atoms with Crippen LogP contribution in [0.25, 0.3) is 88.1 Å². The van der Waals surface area contributed by atoms with Gasteiger partial charge in [-0.25, -0.2) is 0 Å². The van der Waals surface area contributed by atoms with Gasteiger partial charge in [0.25, 0.3) is 0 Å². The van der Waals surface area contributed by atoms with Crippen molar-refractivity contribution in [2.75, 3.05) is 0 Å². The van der Waals surface area contributed by atoms with E-state index in [-0.39, 0.29) is 0 Å². The number of furan rings is 1. The molecular weight excluding hydrogens is 548 g/mol. The van der Waals surface area contributed by atoms with E-state index in [1.165, 1.54) is 65.8 Å². The zero-order chi connectivity index (χ0) is 29.5. The Morgan fingerprint density at radius 1 is 0.333 bits per heavy atom. The molecule has 0 aliphatic carbocycles. The predicted molar refractivity (Wildman–Crippen MR) is 188 cm³/mol. The van der Waals surface area contributed by atoms with Crippen molar-refractivity contribution < 1.29 is 4.42 Å². The first kappa shape index (κ1) is 24.4. The normalized spacial score (nSPS) is 12.0. The van der Waals surface area contributed by atoms with Crippen molar-refractivity contribution in [1.29, 1.82) is 0 Å². The van der Waals surface area contributed by atoms with Crippen LogP contribution in [-0.2, 0) is 0 Å². The van der Waals surface area contributed by atoms with Gasteiger partial charge in [0.15, 0.2) is 0 Å². The van der Waals surface area contributed by atoms with E-state index in [1.54, 1.807) is 0 Å². The fourth-order valence-corrected chi connectivity index (χ4v) is 7.37. The van der Waals surface area contributed by atoms with Crippen LogP contribution in [0.4, 0.5) is 0 Å². The number of hydrogen-bond acceptors (Lipinski definition) is 1. The SMILES string of the molecule is c1ccc(-n2c3ccccc3c3cc(-c4ccc5c(c4)c4c6c(ccc4n5-c4ccccc4)oc4ccccc46)ccc32)cc1. The first-order valence-electron chi connectivity index (χ1n) is 15.4. The Kier molecular flexibility index (Phi) is 5.00. The molecular formula is C42H26N2O. The van der Waals surface area contributed by atoms with Gasteiger partial charge in [0, 0.05) is 43.7 Å². The fourth-order valence-electron chi connectivity index (χ4n) is 7.37. The summed E-state index contributed by atoms with van der Waals surface area (Å²) in [5, 5.41) is 7.26. The van der Waals surface area contributed by atoms with E-state index in [2.05, 4.69) is 161 Å². The van der Waals surface area contributed by atoms with Gasteiger partial charge in [-0.1, -0.05) is 84.9 Å². The van der Waals surface area contributed by atoms with Crippen molar-refractivity contribution in [3.8, 4) is 22.5 Å². The van der Waals surface area contributed by atoms with Crippen LogP contribution in [0.3, 0.4) is 0 Å². The highest BCUT2D eigenvalue weighted by molar-refractivity contribution is 6.27. The minimum Gasteiger partial charge on any atom is -0.456 e. The van der Waals surface area contributed by atoms with E-state index in [9.17, 15) is 0 Å². The van der Waals surface area contributed by atoms with Gasteiger partial charge in [-0.05, 0) is 83.9 Å². The molecule has 0 atom stereocenters. The van der Waals surface area contributed by atoms with E-state index < -0.39 is 0 Å². The lowest BCUT2D eigenvalue weighted by atomic mass is 9.99. The van der Waals surface area contributed by atoms with E-state index in [0.717, 1.165) is 22.2 Å². The summed E-state index contributed by atoms with van der Waals surface area (Å²) >= 11 is 0. The van der Waals surface area contributed by atoms with Crippen LogP contribution in [0.2, 0.25) is 0 Å². The molecule has 0 bridgehead atoms. The number of aromatic nitrogens is 2. The number of benzene rings is 7. The molecule has 10 rings (SSSR count). The van der Waals surface area contributed by atoms with E-state index in [0.29, 0.717) is 0 Å². The third-order valence-electron chi connectivity index (χ3n) is 9.30. The fraction of sp³-hybridized carbons (Fsp3) is 0. The highest BCUT2D eigenvalue weighted by atomic mass is 16.3. The molecule has 0 aliphatic heterocycles. The van der Waals surface area contributed by atoms with Crippen LogP contribution < -0.4 is 0 Å². The molecule has 45 heavy (non-hydrogen) atoms. The summed E-state index contributed by atoms with van der Waals surface area (Å²) < 4.78 is 11.1. The van der Waals surface area contributed by atoms with Crippen molar-refractivity contribution in [3.05, 3.63) is 158 Å². The van der Waals surface area contributed by atoms with Gasteiger partial charge in [-0.2, -0.15) is 0 Å². The summed E-state index contributed by atoms with van der Waals surface area (Å²) in [6.45, 7) is 0. The lowest BCUT2D eigenvalue weighted by Crippen LogP contribution is -1.93. The van der Waals surface area contributed by atoms with Gasteiger partial charge >= 0.3 is 0 Å². The first-order chi connectivity index (χ1) is 22.3. The zero-order valence-corrected chi connectivity index (χ0v) is 24.3. The standard InChI is InChI=1S/C42H26N2O/c1-3-11-29(12-4-1)43-35-17-9-7-15-31(35)33-25-27(19-21-36(33)43)28-20-22-37-34(26-28)41-38(44(37)30-13-5-2-6-14-30)23-24-40-42(41)32-16-8-10-18-39(32)45-40/h1-26H. The maximum absolute atomic E-state index is 6.36. The Labute approximate surface area is 258 Å². The van der Waals surface area contributed by atoms with Crippen LogP contribution >= 0.6 is 0 Å². The maximum atomic E-state index is 6.36. The third-order valence-corrected chi connectivity index (χ3v) is 9.30. The number of para-hydroxylation sites is 4. The summed E-state index contributed by atoms with van der Waals surface area (Å²) in [5.74, 6) is 0. The largest absolute Gasteiger partial charge is 0.456 e. The van der Waals surface area contributed by atoms with Crippen molar-refractivity contribution in [1.82, 2.24) is 9.13 Å². The Morgan fingerprint density at radius 2 is 0.867 bits per heavy atom. The number of nitrogens with zero attached hydrogens (tertiary/aromatic N) is 2. The molecule has 0 amide bonds. The molecule has 0 spiro atoms. The summed E-state index contributed by atoms with van der Waals surface area (Å²) in [5.41, 5.74) is 11.3. The zero-order valence-electron chi connectivity index (χ0n) is 24.3. The number of hydrogen-bond donors (Lipinski definition) is 0. The van der Waals surface area contributed by atoms with Crippen LogP contribution in [0.5, 0.6) is 0 Å². The quantitative estimate of drug-likeness (QED) is 0.206. The van der Waals surface area contributed by atoms with Crippen molar-refractivity contribution in [2.45, 2.75) is 0 Å². The van der Waals surface area contributed by atoms with E-state index >= 15 is 0 Å². The minimum atomic E-state index is 0.913. The van der Waals surface area contributed by atoms with Crippen molar-refractivity contribution >= 4 is 65.6 Å². The number of fused-ring (bicyclic) bond motifs is 10. The highest BCUT2D eigenvalue weighted by Gasteiger charge is 2.20. The van der Waals surface area contributed by atoms with Crippen molar-refractivity contribution in [2.24, 2.45) is 0 Å². The molecule has 3 heteroatoms. The molecule has 0 fully saturated rings. The first-order valence-corrected chi connectivity index (χ1v) is 15.4. The smallest absolute Gasteiger partial charge is 0.136 e. The second-order valence-corrected chi connectivity index (χ2v) is 11.8. The average Bonchev–Trinajstić information content (AvgIpc) is 3.76. The second kappa shape index (κ2) is 9.22. The highest BCUT2D eigenvalue weighted by Crippen LogP contribution is 2.43. The van der Waals surface area contributed by atoms with E-state index in [1.807, 2.05) is 6.07 Å². The molecule has 3 heterocycles. The maximum Gasteiger partial charge on any atom is 0.136 e. The third kappa shape index (κ3) is 3.46. The van der Waals surface area contributed by atoms with Gasteiger partial charge in [0.2, 0.25) is 0 Å². The van der Waals surface area contributed by atoms with Gasteiger partial charge < -0.3 is 13.6 Å². The van der Waals surface area contributed by atoms with Gasteiger partial charge in [0.1, 0.15) is 11.2 Å². The molecule has 0 radical (unpaired) electrons. The molecule has 0 saturated carbocycles. The lowest BCUT2D eigenvalue weighted by Gasteiger charge is -2.09.